The lowest BCUT2D eigenvalue weighted by Crippen LogP contribution is -1.76. The van der Waals surface area contributed by atoms with Gasteiger partial charge >= 0.3 is 0 Å². The molecule has 0 aliphatic carbocycles. The molecule has 1 rings (SSSR count). The van der Waals surface area contributed by atoms with Crippen molar-refractivity contribution in [2.45, 2.75) is 12.2 Å². The van der Waals surface area contributed by atoms with Crippen LogP contribution in [0, 0.1) is 6.88 Å². The van der Waals surface area contributed by atoms with E-state index in [1.807, 2.05) is 0 Å². The third-order valence-electron chi connectivity index (χ3n) is 0.996. The number of hydrogen-bond donors (Lipinski definition) is 0. The fraction of sp³-hybridized carbons (Fsp3) is 0.250. The third-order valence-corrected chi connectivity index (χ3v) is 1.45. The molecule has 0 N–H and O–H groups in total. The second-order valence-corrected chi connectivity index (χ2v) is 2.12. The summed E-state index contributed by atoms with van der Waals surface area (Å²) in [5.74, 6) is 0. The Balaban J connectivity index is 3.06. The summed E-state index contributed by atoms with van der Waals surface area (Å²) in [6.45, 7) is -1.06. The Morgan fingerprint density at radius 3 is 3.33 bits per heavy atom. The summed E-state index contributed by atoms with van der Waals surface area (Å²) in [5, 5.41) is -1.59. The van der Waals surface area contributed by atoms with Crippen molar-refractivity contribution in [3.05, 3.63) is 35.4 Å². The molecule has 0 spiro atoms. The van der Waals surface area contributed by atoms with E-state index in [-0.39, 0.29) is 0 Å². The number of rotatable bonds is 1. The van der Waals surface area contributed by atoms with E-state index in [0.29, 0.717) is 11.1 Å². The van der Waals surface area contributed by atoms with E-state index in [1.54, 1.807) is 18.2 Å². The Hall–Kier alpha value is -0.300. The zero-order chi connectivity index (χ0) is 10.1. The van der Waals surface area contributed by atoms with Crippen LogP contribution in [0.2, 0.25) is 0 Å². The summed E-state index contributed by atoms with van der Waals surface area (Å²) in [4.78, 5) is 0. The first-order chi connectivity index (χ1) is 5.91. The fourth-order valence-electron chi connectivity index (χ4n) is 0.597. The molecule has 0 aromatic heterocycles. The Labute approximate surface area is 69.6 Å². The maximum Gasteiger partial charge on any atom is 0.0437 e. The normalized spacial score (nSPS) is 18.0. The first-order valence-corrected chi connectivity index (χ1v) is 3.34. The topological polar surface area (TPSA) is 0 Å². The van der Waals surface area contributed by atoms with E-state index < -0.39 is 12.2 Å². The Kier molecular flexibility index (Phi) is 1.07. The summed E-state index contributed by atoms with van der Waals surface area (Å²) < 4.78 is 29.0. The molecule has 48 valence electrons. The molecule has 0 fully saturated rings. The van der Waals surface area contributed by atoms with Crippen molar-refractivity contribution in [2.75, 3.05) is 0 Å². The van der Waals surface area contributed by atoms with E-state index in [1.165, 1.54) is 6.07 Å². The molecule has 0 unspecified atom stereocenters. The maximum atomic E-state index is 7.37. The van der Waals surface area contributed by atoms with Gasteiger partial charge in [0.2, 0.25) is 0 Å². The van der Waals surface area contributed by atoms with Crippen LogP contribution in [0.15, 0.2) is 24.3 Å². The first-order valence-electron chi connectivity index (χ1n) is 4.70. The van der Waals surface area contributed by atoms with E-state index >= 15 is 0 Å². The predicted molar refractivity (Wildman–Crippen MR) is 43.8 cm³/mol. The largest absolute Gasteiger partial charge is 0.0876 e. The van der Waals surface area contributed by atoms with Crippen LogP contribution in [0.1, 0.15) is 16.6 Å². The zero-order valence-electron chi connectivity index (χ0n) is 8.76. The molecule has 0 bridgehead atoms. The molecular weight excluding hydrogens is 176 g/mol. The summed E-state index contributed by atoms with van der Waals surface area (Å²) >= 11 is 2.88. The lowest BCUT2D eigenvalue weighted by Gasteiger charge is -1.94. The van der Waals surface area contributed by atoms with Gasteiger partial charge in [-0.3, -0.25) is 0 Å². The van der Waals surface area contributed by atoms with Crippen LogP contribution in [0.25, 0.3) is 0 Å². The number of halogens is 1. The van der Waals surface area contributed by atoms with Crippen molar-refractivity contribution >= 4 is 15.9 Å². The van der Waals surface area contributed by atoms with Gasteiger partial charge in [0.15, 0.2) is 0 Å². The molecule has 9 heavy (non-hydrogen) atoms. The van der Waals surface area contributed by atoms with Crippen LogP contribution >= 0.6 is 15.9 Å². The summed E-state index contributed by atoms with van der Waals surface area (Å²) in [5.41, 5.74) is 0.940. The second kappa shape index (κ2) is 3.02. The van der Waals surface area contributed by atoms with Crippen LogP contribution in [0.5, 0.6) is 0 Å². The van der Waals surface area contributed by atoms with Gasteiger partial charge < -0.3 is 0 Å². The van der Waals surface area contributed by atoms with Gasteiger partial charge in [-0.15, -0.1) is 0 Å². The molecule has 0 saturated heterocycles. The van der Waals surface area contributed by atoms with Crippen LogP contribution < -0.4 is 0 Å². The Morgan fingerprint density at radius 1 is 1.78 bits per heavy atom. The summed E-state index contributed by atoms with van der Waals surface area (Å²) in [7, 11) is 0. The molecular formula is C8H9Br. The Bertz CT molecular complexity index is 292. The lowest BCUT2D eigenvalue weighted by molar-refractivity contribution is 1.37. The molecule has 1 aromatic rings. The van der Waals surface area contributed by atoms with Crippen molar-refractivity contribution in [3.63, 3.8) is 0 Å². The molecule has 0 saturated carbocycles. The minimum absolute atomic E-state index is 0.439. The van der Waals surface area contributed by atoms with Gasteiger partial charge in [-0.25, -0.2) is 0 Å². The summed E-state index contributed by atoms with van der Waals surface area (Å²) in [6, 6.07) is 6.45. The molecule has 0 aliphatic rings. The number of benzene rings is 1. The maximum absolute atomic E-state index is 7.37. The second-order valence-electron chi connectivity index (χ2n) is 1.72. The van der Waals surface area contributed by atoms with Gasteiger partial charge in [0, 0.05) is 10.8 Å². The molecule has 1 aromatic carbocycles. The zero-order valence-corrected chi connectivity index (χ0v) is 6.35. The minimum atomic E-state index is -1.59. The highest BCUT2D eigenvalue weighted by molar-refractivity contribution is 9.08. The standard InChI is InChI=1S/C8H9Br/c1-7-3-2-4-8(5-7)6-9/h2-5H,6H2,1H3/i1D2,6D2. The predicted octanol–water partition coefficient (Wildman–Crippen LogP) is 2.89. The van der Waals surface area contributed by atoms with Crippen molar-refractivity contribution in [1.82, 2.24) is 0 Å². The van der Waals surface area contributed by atoms with E-state index in [4.69, 9.17) is 5.48 Å². The van der Waals surface area contributed by atoms with Crippen LogP contribution in [0.3, 0.4) is 0 Å². The molecule has 0 nitrogen and oxygen atoms in total. The van der Waals surface area contributed by atoms with Crippen molar-refractivity contribution in [3.8, 4) is 0 Å². The SMILES string of the molecule is [2H]C([2H])c1cccc(C([2H])([2H])Br)c1. The quantitative estimate of drug-likeness (QED) is 0.596. The molecule has 1 heteroatoms. The number of hydrogen-bond acceptors (Lipinski definition) is 0. The Morgan fingerprint density at radius 2 is 2.67 bits per heavy atom. The van der Waals surface area contributed by atoms with Gasteiger partial charge in [0.05, 0.1) is 0 Å². The van der Waals surface area contributed by atoms with Gasteiger partial charge in [-0.05, 0) is 12.4 Å². The average molecular weight is 189 g/mol. The molecule has 0 aliphatic heterocycles. The van der Waals surface area contributed by atoms with Crippen molar-refractivity contribution in [1.29, 1.82) is 0 Å². The highest BCUT2D eigenvalue weighted by Gasteiger charge is 1.86. The third kappa shape index (κ3) is 1.83. The van der Waals surface area contributed by atoms with Crippen molar-refractivity contribution in [2.24, 2.45) is 0 Å². The molecule has 0 radical (unpaired) electrons. The van der Waals surface area contributed by atoms with E-state index in [0.717, 1.165) is 0 Å². The molecule has 0 amide bonds. The smallest absolute Gasteiger partial charge is 0.0437 e. The highest BCUT2D eigenvalue weighted by Crippen LogP contribution is 2.06. The van der Waals surface area contributed by atoms with E-state index in [2.05, 4.69) is 15.9 Å². The fourth-order valence-corrected chi connectivity index (χ4v) is 0.844. The van der Waals surface area contributed by atoms with E-state index in [9.17, 15) is 0 Å². The lowest BCUT2D eigenvalue weighted by atomic mass is 10.2. The van der Waals surface area contributed by atoms with Crippen LogP contribution in [-0.4, -0.2) is 0 Å². The van der Waals surface area contributed by atoms with Gasteiger partial charge in [-0.2, -0.15) is 0 Å². The molecule has 0 heterocycles. The number of aryl methyl sites for hydroxylation is 1. The van der Waals surface area contributed by atoms with Crippen LogP contribution in [-0.2, 0) is 5.28 Å². The average Bonchev–Trinajstić information content (AvgIpc) is 2.03. The minimum Gasteiger partial charge on any atom is -0.0876 e. The van der Waals surface area contributed by atoms with Gasteiger partial charge in [0.25, 0.3) is 0 Å². The van der Waals surface area contributed by atoms with Crippen molar-refractivity contribution < 1.29 is 5.48 Å². The monoisotopic (exact) mass is 188 g/mol. The number of alkyl halides is 1. The van der Waals surface area contributed by atoms with Gasteiger partial charge in [-0.1, -0.05) is 45.8 Å². The first kappa shape index (κ1) is 3.20. The molecule has 0 atom stereocenters. The van der Waals surface area contributed by atoms with Crippen LogP contribution in [0.4, 0.5) is 0 Å². The van der Waals surface area contributed by atoms with Gasteiger partial charge in [0.1, 0.15) is 0 Å². The summed E-state index contributed by atoms with van der Waals surface area (Å²) in [6.07, 6.45) is 0. The highest BCUT2D eigenvalue weighted by atomic mass is 79.9.